The summed E-state index contributed by atoms with van der Waals surface area (Å²) in [7, 11) is 0. The highest BCUT2D eigenvalue weighted by Crippen LogP contribution is 2.24. The average molecular weight is 322 g/mol. The number of carbonyl (C=O) groups is 1. The molecule has 0 aliphatic rings. The molecule has 0 heterocycles. The normalized spacial score (nSPS) is 10.6. The van der Waals surface area contributed by atoms with Gasteiger partial charge in [0, 0.05) is 17.2 Å². The Balaban J connectivity index is 2.08. The van der Waals surface area contributed by atoms with Gasteiger partial charge in [-0.25, -0.2) is 9.82 Å². The van der Waals surface area contributed by atoms with Crippen LogP contribution in [0.3, 0.4) is 0 Å². The van der Waals surface area contributed by atoms with Crippen LogP contribution in [0.25, 0.3) is 0 Å². The number of nitro benzene ring substituents is 1. The minimum atomic E-state index is -0.620. The predicted octanol–water partition coefficient (Wildman–Crippen LogP) is 3.15. The average Bonchev–Trinajstić information content (AvgIpc) is 2.48. The molecule has 0 bridgehead atoms. The van der Waals surface area contributed by atoms with Crippen molar-refractivity contribution in [3.8, 4) is 0 Å². The lowest BCUT2D eigenvalue weighted by atomic mass is 10.2. The molecular formula is C14H9ClFN3O3. The van der Waals surface area contributed by atoms with E-state index in [1.54, 1.807) is 0 Å². The van der Waals surface area contributed by atoms with E-state index in [9.17, 15) is 19.3 Å². The molecule has 0 unspecified atom stereocenters. The molecule has 1 N–H and O–H groups in total. The third-order valence-corrected chi connectivity index (χ3v) is 2.95. The molecule has 2 aromatic rings. The minimum absolute atomic E-state index is 0.00551. The Hall–Kier alpha value is -2.80. The van der Waals surface area contributed by atoms with Gasteiger partial charge >= 0.3 is 0 Å². The molecule has 6 nitrogen and oxygen atoms in total. The van der Waals surface area contributed by atoms with Crippen molar-refractivity contribution in [3.05, 3.63) is 74.5 Å². The molecule has 2 rings (SSSR count). The fourth-order valence-electron chi connectivity index (χ4n) is 1.61. The molecule has 0 aromatic heterocycles. The van der Waals surface area contributed by atoms with Crippen molar-refractivity contribution in [2.45, 2.75) is 0 Å². The topological polar surface area (TPSA) is 84.6 Å². The second-order valence-corrected chi connectivity index (χ2v) is 4.58. The standard InChI is InChI=1S/C14H9ClFN3O3/c15-12-5-4-9(6-13(12)19(21)22)8-17-18-14(20)10-2-1-3-11(16)7-10/h1-8H,(H,18,20)/b17-8+. The van der Waals surface area contributed by atoms with Crippen LogP contribution in [0, 0.1) is 15.9 Å². The quantitative estimate of drug-likeness (QED) is 0.533. The molecule has 22 heavy (non-hydrogen) atoms. The van der Waals surface area contributed by atoms with Gasteiger partial charge in [0.2, 0.25) is 0 Å². The van der Waals surface area contributed by atoms with E-state index in [4.69, 9.17) is 11.6 Å². The summed E-state index contributed by atoms with van der Waals surface area (Å²) >= 11 is 5.68. The van der Waals surface area contributed by atoms with Gasteiger partial charge < -0.3 is 0 Å². The van der Waals surface area contributed by atoms with E-state index in [-0.39, 0.29) is 16.3 Å². The summed E-state index contributed by atoms with van der Waals surface area (Å²) in [6.45, 7) is 0. The summed E-state index contributed by atoms with van der Waals surface area (Å²) < 4.78 is 13.0. The van der Waals surface area contributed by atoms with Gasteiger partial charge in [-0.2, -0.15) is 5.10 Å². The first-order chi connectivity index (χ1) is 10.5. The number of rotatable bonds is 4. The van der Waals surface area contributed by atoms with E-state index in [2.05, 4.69) is 10.5 Å². The van der Waals surface area contributed by atoms with Gasteiger partial charge in [0.05, 0.1) is 11.1 Å². The first-order valence-corrected chi connectivity index (χ1v) is 6.38. The Morgan fingerprint density at radius 1 is 1.32 bits per heavy atom. The van der Waals surface area contributed by atoms with Crippen LogP contribution in [0.2, 0.25) is 5.02 Å². The molecule has 2 aromatic carbocycles. The highest BCUT2D eigenvalue weighted by Gasteiger charge is 2.12. The van der Waals surface area contributed by atoms with E-state index in [0.717, 1.165) is 6.07 Å². The van der Waals surface area contributed by atoms with Gasteiger partial charge in [-0.05, 0) is 24.3 Å². The van der Waals surface area contributed by atoms with Gasteiger partial charge in [0.1, 0.15) is 10.8 Å². The van der Waals surface area contributed by atoms with Gasteiger partial charge in [-0.3, -0.25) is 14.9 Å². The third kappa shape index (κ3) is 3.86. The number of hydrogen-bond acceptors (Lipinski definition) is 4. The molecule has 0 atom stereocenters. The van der Waals surface area contributed by atoms with Crippen LogP contribution in [0.4, 0.5) is 10.1 Å². The van der Waals surface area contributed by atoms with Gasteiger partial charge in [-0.1, -0.05) is 23.7 Å². The summed E-state index contributed by atoms with van der Waals surface area (Å²) in [6.07, 6.45) is 1.22. The van der Waals surface area contributed by atoms with Crippen molar-refractivity contribution >= 4 is 29.4 Å². The zero-order valence-electron chi connectivity index (χ0n) is 11.0. The molecule has 0 aliphatic carbocycles. The fourth-order valence-corrected chi connectivity index (χ4v) is 1.80. The number of amides is 1. The second-order valence-electron chi connectivity index (χ2n) is 4.18. The number of nitrogens with one attached hydrogen (secondary N) is 1. The Bertz CT molecular complexity index is 765. The lowest BCUT2D eigenvalue weighted by Gasteiger charge is -2.00. The summed E-state index contributed by atoms with van der Waals surface area (Å²) in [5.41, 5.74) is 2.43. The van der Waals surface area contributed by atoms with Crippen LogP contribution in [0.5, 0.6) is 0 Å². The summed E-state index contributed by atoms with van der Waals surface area (Å²) in [4.78, 5) is 21.8. The van der Waals surface area contributed by atoms with Crippen molar-refractivity contribution < 1.29 is 14.1 Å². The maximum Gasteiger partial charge on any atom is 0.288 e. The Morgan fingerprint density at radius 2 is 2.09 bits per heavy atom. The van der Waals surface area contributed by atoms with Crippen LogP contribution in [-0.4, -0.2) is 17.0 Å². The summed E-state index contributed by atoms with van der Waals surface area (Å²) in [5, 5.41) is 14.4. The van der Waals surface area contributed by atoms with Crippen LogP contribution >= 0.6 is 11.6 Å². The number of nitrogens with zero attached hydrogens (tertiary/aromatic N) is 2. The SMILES string of the molecule is O=C(N/N=C/c1ccc(Cl)c([N+](=O)[O-])c1)c1cccc(F)c1. The highest BCUT2D eigenvalue weighted by atomic mass is 35.5. The first kappa shape index (κ1) is 15.6. The highest BCUT2D eigenvalue weighted by molar-refractivity contribution is 6.32. The van der Waals surface area contributed by atoms with Gasteiger partial charge in [-0.15, -0.1) is 0 Å². The van der Waals surface area contributed by atoms with E-state index < -0.39 is 16.6 Å². The number of benzene rings is 2. The molecule has 0 saturated carbocycles. The van der Waals surface area contributed by atoms with Crippen molar-refractivity contribution in [1.82, 2.24) is 5.43 Å². The molecule has 0 saturated heterocycles. The van der Waals surface area contributed by atoms with Crippen LogP contribution in [-0.2, 0) is 0 Å². The maximum atomic E-state index is 13.0. The van der Waals surface area contributed by atoms with Gasteiger partial charge in [0.25, 0.3) is 11.6 Å². The number of nitro groups is 1. The monoisotopic (exact) mass is 321 g/mol. The van der Waals surface area contributed by atoms with Crippen molar-refractivity contribution in [1.29, 1.82) is 0 Å². The largest absolute Gasteiger partial charge is 0.288 e. The fraction of sp³-hybridized carbons (Fsp3) is 0. The molecular weight excluding hydrogens is 313 g/mol. The predicted molar refractivity (Wildman–Crippen MR) is 79.6 cm³/mol. The molecule has 0 fully saturated rings. The van der Waals surface area contributed by atoms with Crippen molar-refractivity contribution in [2.24, 2.45) is 5.10 Å². The van der Waals surface area contributed by atoms with E-state index >= 15 is 0 Å². The zero-order chi connectivity index (χ0) is 16.1. The number of hydrogen-bond donors (Lipinski definition) is 1. The Kier molecular flexibility index (Phi) is 4.80. The van der Waals surface area contributed by atoms with Crippen molar-refractivity contribution in [2.75, 3.05) is 0 Å². The van der Waals surface area contributed by atoms with Crippen molar-refractivity contribution in [3.63, 3.8) is 0 Å². The van der Waals surface area contributed by atoms with Crippen LogP contribution in [0.1, 0.15) is 15.9 Å². The molecule has 0 spiro atoms. The molecule has 8 heteroatoms. The third-order valence-electron chi connectivity index (χ3n) is 2.63. The molecule has 0 aliphatic heterocycles. The minimum Gasteiger partial charge on any atom is -0.267 e. The Morgan fingerprint density at radius 3 is 2.77 bits per heavy atom. The maximum absolute atomic E-state index is 13.0. The van der Waals surface area contributed by atoms with Gasteiger partial charge in [0.15, 0.2) is 0 Å². The molecule has 1 amide bonds. The lowest BCUT2D eigenvalue weighted by Crippen LogP contribution is -2.17. The second kappa shape index (κ2) is 6.77. The van der Waals surface area contributed by atoms with Crippen LogP contribution in [0.15, 0.2) is 47.6 Å². The smallest absolute Gasteiger partial charge is 0.267 e. The molecule has 112 valence electrons. The molecule has 0 radical (unpaired) electrons. The van der Waals surface area contributed by atoms with Crippen LogP contribution < -0.4 is 5.43 Å². The zero-order valence-corrected chi connectivity index (χ0v) is 11.7. The summed E-state index contributed by atoms with van der Waals surface area (Å²) in [6, 6.07) is 9.20. The Labute approximate surface area is 129 Å². The summed E-state index contributed by atoms with van der Waals surface area (Å²) in [5.74, 6) is -1.14. The lowest BCUT2D eigenvalue weighted by molar-refractivity contribution is -0.384. The first-order valence-electron chi connectivity index (χ1n) is 6.00. The number of halogens is 2. The van der Waals surface area contributed by atoms with E-state index in [0.29, 0.717) is 5.56 Å². The van der Waals surface area contributed by atoms with E-state index in [1.165, 1.54) is 42.6 Å². The number of carbonyl (C=O) groups excluding carboxylic acids is 1. The van der Waals surface area contributed by atoms with E-state index in [1.807, 2.05) is 0 Å². The number of hydrazone groups is 1.